The molecule has 0 radical (unpaired) electrons. The maximum atomic E-state index is 5.23. The minimum Gasteiger partial charge on any atom is -0.383 e. The molecule has 1 fully saturated rings. The minimum atomic E-state index is 0.528. The first kappa shape index (κ1) is 12.7. The summed E-state index contributed by atoms with van der Waals surface area (Å²) in [6.07, 6.45) is 6.68. The summed E-state index contributed by atoms with van der Waals surface area (Å²) in [5.74, 6) is 0. The van der Waals surface area contributed by atoms with Gasteiger partial charge in [-0.15, -0.1) is 6.58 Å². The lowest BCUT2D eigenvalue weighted by atomic mass is 10.1. The highest BCUT2D eigenvalue weighted by Crippen LogP contribution is 2.16. The fourth-order valence-corrected chi connectivity index (χ4v) is 2.12. The largest absolute Gasteiger partial charge is 0.383 e. The van der Waals surface area contributed by atoms with E-state index in [1.165, 1.54) is 12.8 Å². The lowest BCUT2D eigenvalue weighted by molar-refractivity contribution is 0.0705. The second kappa shape index (κ2) is 6.99. The molecule has 3 nitrogen and oxygen atoms in total. The Morgan fingerprint density at radius 1 is 1.67 bits per heavy atom. The normalized spacial score (nSPS) is 24.3. The molecular formula is C12H24N2O. The summed E-state index contributed by atoms with van der Waals surface area (Å²) in [5, 5.41) is 2.35. The number of hydrogen-bond donors (Lipinski definition) is 1. The van der Waals surface area contributed by atoms with E-state index in [-0.39, 0.29) is 0 Å². The summed E-state index contributed by atoms with van der Waals surface area (Å²) in [7, 11) is 1.78. The van der Waals surface area contributed by atoms with Crippen LogP contribution in [-0.4, -0.2) is 37.4 Å². The van der Waals surface area contributed by atoms with E-state index < -0.39 is 0 Å². The zero-order valence-electron chi connectivity index (χ0n) is 10.0. The van der Waals surface area contributed by atoms with Crippen LogP contribution >= 0.6 is 0 Å². The van der Waals surface area contributed by atoms with E-state index in [2.05, 4.69) is 23.9 Å². The summed E-state index contributed by atoms with van der Waals surface area (Å²) in [6, 6.07) is 1.08. The Balaban J connectivity index is 2.37. The van der Waals surface area contributed by atoms with Crippen molar-refractivity contribution in [1.82, 2.24) is 10.4 Å². The maximum absolute atomic E-state index is 5.23. The second-order valence-electron chi connectivity index (χ2n) is 4.20. The molecule has 0 aromatic heterocycles. The van der Waals surface area contributed by atoms with Crippen molar-refractivity contribution in [1.29, 1.82) is 0 Å². The molecule has 3 heteroatoms. The summed E-state index contributed by atoms with van der Waals surface area (Å²) in [5.41, 5.74) is 3.58. The van der Waals surface area contributed by atoms with Gasteiger partial charge in [-0.2, -0.15) is 0 Å². The molecule has 1 aliphatic rings. The van der Waals surface area contributed by atoms with Gasteiger partial charge in [0.05, 0.1) is 6.61 Å². The second-order valence-corrected chi connectivity index (χ2v) is 4.20. The number of hydrogen-bond acceptors (Lipinski definition) is 3. The molecule has 1 unspecified atom stereocenters. The molecule has 1 heterocycles. The van der Waals surface area contributed by atoms with Gasteiger partial charge in [-0.1, -0.05) is 13.0 Å². The van der Waals surface area contributed by atoms with E-state index >= 15 is 0 Å². The van der Waals surface area contributed by atoms with E-state index in [0.717, 1.165) is 26.0 Å². The van der Waals surface area contributed by atoms with Gasteiger partial charge < -0.3 is 4.74 Å². The van der Waals surface area contributed by atoms with Gasteiger partial charge >= 0.3 is 0 Å². The van der Waals surface area contributed by atoms with Crippen LogP contribution in [0.4, 0.5) is 0 Å². The summed E-state index contributed by atoms with van der Waals surface area (Å²) >= 11 is 0. The average molecular weight is 212 g/mol. The fraction of sp³-hybridized carbons (Fsp3) is 0.833. The highest BCUT2D eigenvalue weighted by molar-refractivity contribution is 4.81. The summed E-state index contributed by atoms with van der Waals surface area (Å²) < 4.78 is 5.23. The molecule has 0 aromatic rings. The number of nitrogens with one attached hydrogen (secondary N) is 1. The highest BCUT2D eigenvalue weighted by Gasteiger charge is 2.25. The molecule has 15 heavy (non-hydrogen) atoms. The number of methoxy groups -OCH3 is 1. The van der Waals surface area contributed by atoms with Crippen LogP contribution < -0.4 is 5.43 Å². The van der Waals surface area contributed by atoms with E-state index in [0.29, 0.717) is 12.1 Å². The first-order chi connectivity index (χ1) is 7.31. The predicted octanol–water partition coefficient (Wildman–Crippen LogP) is 1.96. The van der Waals surface area contributed by atoms with Crippen molar-refractivity contribution in [2.45, 2.75) is 44.7 Å². The summed E-state index contributed by atoms with van der Waals surface area (Å²) in [6.45, 7) is 7.98. The SMILES string of the molecule is C=CCC(CC)NN1CCC[C@H]1COC. The Labute approximate surface area is 93.5 Å². The van der Waals surface area contributed by atoms with Gasteiger partial charge in [0.2, 0.25) is 0 Å². The van der Waals surface area contributed by atoms with Gasteiger partial charge in [0.1, 0.15) is 0 Å². The molecule has 0 amide bonds. The van der Waals surface area contributed by atoms with Gasteiger partial charge in [0.25, 0.3) is 0 Å². The molecule has 1 aliphatic heterocycles. The molecule has 2 atom stereocenters. The standard InChI is InChI=1S/C12H24N2O/c1-4-7-11(5-2)13-14-9-6-8-12(14)10-15-3/h4,11-13H,1,5-10H2,2-3H3/t11?,12-/m0/s1. The van der Waals surface area contributed by atoms with Crippen molar-refractivity contribution in [3.63, 3.8) is 0 Å². The Morgan fingerprint density at radius 3 is 3.07 bits per heavy atom. The maximum Gasteiger partial charge on any atom is 0.0632 e. The fourth-order valence-electron chi connectivity index (χ4n) is 2.12. The van der Waals surface area contributed by atoms with E-state index in [9.17, 15) is 0 Å². The third-order valence-electron chi connectivity index (χ3n) is 3.03. The van der Waals surface area contributed by atoms with E-state index in [1.807, 2.05) is 6.08 Å². The van der Waals surface area contributed by atoms with Crippen molar-refractivity contribution in [3.05, 3.63) is 12.7 Å². The third kappa shape index (κ3) is 3.93. The molecule has 0 saturated carbocycles. The highest BCUT2D eigenvalue weighted by atomic mass is 16.5. The van der Waals surface area contributed by atoms with Crippen molar-refractivity contribution in [2.24, 2.45) is 0 Å². The topological polar surface area (TPSA) is 24.5 Å². The Morgan fingerprint density at radius 2 is 2.47 bits per heavy atom. The Kier molecular flexibility index (Phi) is 5.91. The zero-order chi connectivity index (χ0) is 11.1. The smallest absolute Gasteiger partial charge is 0.0632 e. The van der Waals surface area contributed by atoms with Crippen molar-refractivity contribution >= 4 is 0 Å². The van der Waals surface area contributed by atoms with Crippen LogP contribution in [0.1, 0.15) is 32.6 Å². The molecule has 1 saturated heterocycles. The molecule has 1 N–H and O–H groups in total. The van der Waals surface area contributed by atoms with Crippen LogP contribution in [0.25, 0.3) is 0 Å². The van der Waals surface area contributed by atoms with Crippen LogP contribution in [0.2, 0.25) is 0 Å². The molecule has 1 rings (SSSR count). The molecule has 0 aromatic carbocycles. The van der Waals surface area contributed by atoms with Crippen LogP contribution in [-0.2, 0) is 4.74 Å². The van der Waals surface area contributed by atoms with Gasteiger partial charge in [0, 0.05) is 25.7 Å². The molecule has 0 spiro atoms. The number of rotatable bonds is 7. The van der Waals surface area contributed by atoms with E-state index in [1.54, 1.807) is 7.11 Å². The lowest BCUT2D eigenvalue weighted by Gasteiger charge is -2.29. The Hall–Kier alpha value is -0.380. The van der Waals surface area contributed by atoms with E-state index in [4.69, 9.17) is 4.74 Å². The first-order valence-corrected chi connectivity index (χ1v) is 5.94. The molecule has 0 aliphatic carbocycles. The van der Waals surface area contributed by atoms with Gasteiger partial charge in [0.15, 0.2) is 0 Å². The van der Waals surface area contributed by atoms with Crippen LogP contribution in [0.5, 0.6) is 0 Å². The molecule has 0 bridgehead atoms. The van der Waals surface area contributed by atoms with Crippen molar-refractivity contribution in [3.8, 4) is 0 Å². The zero-order valence-corrected chi connectivity index (χ0v) is 10.0. The predicted molar refractivity (Wildman–Crippen MR) is 63.6 cm³/mol. The lowest BCUT2D eigenvalue weighted by Crippen LogP contribution is -2.48. The Bertz CT molecular complexity index is 184. The van der Waals surface area contributed by atoms with Crippen molar-refractivity contribution < 1.29 is 4.74 Å². The minimum absolute atomic E-state index is 0.528. The van der Waals surface area contributed by atoms with Crippen LogP contribution in [0.3, 0.4) is 0 Å². The van der Waals surface area contributed by atoms with Gasteiger partial charge in [-0.05, 0) is 25.7 Å². The van der Waals surface area contributed by atoms with Gasteiger partial charge in [-0.25, -0.2) is 5.01 Å². The third-order valence-corrected chi connectivity index (χ3v) is 3.03. The molecular weight excluding hydrogens is 188 g/mol. The number of nitrogens with zero attached hydrogens (tertiary/aromatic N) is 1. The van der Waals surface area contributed by atoms with Crippen molar-refractivity contribution in [2.75, 3.05) is 20.3 Å². The number of hydrazine groups is 1. The van der Waals surface area contributed by atoms with Crippen LogP contribution in [0, 0.1) is 0 Å². The average Bonchev–Trinajstić information content (AvgIpc) is 2.66. The monoisotopic (exact) mass is 212 g/mol. The molecule has 88 valence electrons. The quantitative estimate of drug-likeness (QED) is 0.653. The first-order valence-electron chi connectivity index (χ1n) is 5.94. The number of ether oxygens (including phenoxy) is 1. The summed E-state index contributed by atoms with van der Waals surface area (Å²) in [4.78, 5) is 0. The van der Waals surface area contributed by atoms with Gasteiger partial charge in [-0.3, -0.25) is 5.43 Å². The van der Waals surface area contributed by atoms with Crippen LogP contribution in [0.15, 0.2) is 12.7 Å².